The maximum atomic E-state index is 12.6. The third kappa shape index (κ3) is 3.86. The van der Waals surface area contributed by atoms with Gasteiger partial charge in [0.2, 0.25) is 10.0 Å². The molecular formula is C16H18N2O6S2. The van der Waals surface area contributed by atoms with E-state index in [4.69, 9.17) is 9.47 Å². The lowest BCUT2D eigenvalue weighted by atomic mass is 10.3. The molecule has 8 nitrogen and oxygen atoms in total. The first-order valence-electron chi connectivity index (χ1n) is 7.63. The SMILES string of the molecule is CN(c1cccc(NS(=O)(=O)c2ccc3c(c2)OCCO3)c1)S(C)(=O)=O. The number of rotatable bonds is 5. The molecule has 0 saturated carbocycles. The van der Waals surface area contributed by atoms with Crippen molar-refractivity contribution in [2.75, 3.05) is 35.5 Å². The number of hydrogen-bond acceptors (Lipinski definition) is 6. The zero-order chi connectivity index (χ0) is 18.9. The normalized spacial score (nSPS) is 13.9. The van der Waals surface area contributed by atoms with Crippen LogP contribution in [0.5, 0.6) is 11.5 Å². The second-order valence-electron chi connectivity index (χ2n) is 5.69. The third-order valence-electron chi connectivity index (χ3n) is 3.78. The Kier molecular flexibility index (Phi) is 4.72. The van der Waals surface area contributed by atoms with E-state index >= 15 is 0 Å². The predicted octanol–water partition coefficient (Wildman–Crippen LogP) is 1.65. The van der Waals surface area contributed by atoms with E-state index in [-0.39, 0.29) is 10.6 Å². The highest BCUT2D eigenvalue weighted by Gasteiger charge is 2.20. The van der Waals surface area contributed by atoms with Crippen molar-refractivity contribution in [3.8, 4) is 11.5 Å². The van der Waals surface area contributed by atoms with E-state index in [2.05, 4.69) is 4.72 Å². The van der Waals surface area contributed by atoms with Crippen molar-refractivity contribution in [3.05, 3.63) is 42.5 Å². The molecule has 140 valence electrons. The van der Waals surface area contributed by atoms with Gasteiger partial charge in [-0.15, -0.1) is 0 Å². The Labute approximate surface area is 152 Å². The summed E-state index contributed by atoms with van der Waals surface area (Å²) in [5.41, 5.74) is 0.586. The van der Waals surface area contributed by atoms with Crippen molar-refractivity contribution < 1.29 is 26.3 Å². The molecule has 2 aromatic carbocycles. The van der Waals surface area contributed by atoms with Crippen LogP contribution in [0.1, 0.15) is 0 Å². The summed E-state index contributed by atoms with van der Waals surface area (Å²) in [5, 5.41) is 0. The van der Waals surface area contributed by atoms with E-state index in [1.54, 1.807) is 12.1 Å². The van der Waals surface area contributed by atoms with E-state index in [0.717, 1.165) is 10.6 Å². The Morgan fingerprint density at radius 2 is 1.65 bits per heavy atom. The first-order valence-corrected chi connectivity index (χ1v) is 11.0. The molecule has 1 heterocycles. The molecule has 0 atom stereocenters. The molecule has 0 bridgehead atoms. The molecule has 0 aliphatic carbocycles. The van der Waals surface area contributed by atoms with E-state index in [0.29, 0.717) is 30.4 Å². The molecule has 26 heavy (non-hydrogen) atoms. The van der Waals surface area contributed by atoms with Crippen LogP contribution in [0.2, 0.25) is 0 Å². The van der Waals surface area contributed by atoms with Crippen molar-refractivity contribution in [1.82, 2.24) is 0 Å². The number of nitrogens with one attached hydrogen (secondary N) is 1. The van der Waals surface area contributed by atoms with E-state index < -0.39 is 20.0 Å². The number of nitrogens with zero attached hydrogens (tertiary/aromatic N) is 1. The Morgan fingerprint density at radius 3 is 2.35 bits per heavy atom. The molecule has 1 aliphatic heterocycles. The molecule has 0 aromatic heterocycles. The Morgan fingerprint density at radius 1 is 0.962 bits per heavy atom. The molecule has 0 spiro atoms. The first kappa shape index (κ1) is 18.3. The minimum atomic E-state index is -3.88. The third-order valence-corrected chi connectivity index (χ3v) is 6.37. The lowest BCUT2D eigenvalue weighted by molar-refractivity contribution is 0.171. The summed E-state index contributed by atoms with van der Waals surface area (Å²) in [4.78, 5) is 0.0172. The van der Waals surface area contributed by atoms with Crippen LogP contribution in [0, 0.1) is 0 Å². The summed E-state index contributed by atoms with van der Waals surface area (Å²) >= 11 is 0. The number of anilines is 2. The fraction of sp³-hybridized carbons (Fsp3) is 0.250. The molecule has 0 radical (unpaired) electrons. The average molecular weight is 398 g/mol. The monoisotopic (exact) mass is 398 g/mol. The van der Waals surface area contributed by atoms with Crippen molar-refractivity contribution in [3.63, 3.8) is 0 Å². The Bertz CT molecular complexity index is 1030. The summed E-state index contributed by atoms with van der Waals surface area (Å²) in [6, 6.07) is 10.5. The summed E-state index contributed by atoms with van der Waals surface area (Å²) in [6.07, 6.45) is 1.07. The van der Waals surface area contributed by atoms with Gasteiger partial charge in [-0.3, -0.25) is 9.03 Å². The molecule has 3 rings (SSSR count). The second-order valence-corrected chi connectivity index (χ2v) is 9.39. The maximum absolute atomic E-state index is 12.6. The van der Waals surface area contributed by atoms with Crippen LogP contribution in [0.3, 0.4) is 0 Å². The number of hydrogen-bond donors (Lipinski definition) is 1. The van der Waals surface area contributed by atoms with Crippen LogP contribution in [0.25, 0.3) is 0 Å². The summed E-state index contributed by atoms with van der Waals surface area (Å²) < 4.78 is 62.8. The van der Waals surface area contributed by atoms with E-state index in [1.807, 2.05) is 0 Å². The standard InChI is InChI=1S/C16H18N2O6S2/c1-18(25(2,19)20)13-5-3-4-12(10-13)17-26(21,22)14-6-7-15-16(11-14)24-9-8-23-15/h3-7,10-11,17H,8-9H2,1-2H3. The smallest absolute Gasteiger partial charge is 0.262 e. The summed E-state index contributed by atoms with van der Waals surface area (Å²) in [6.45, 7) is 0.766. The quantitative estimate of drug-likeness (QED) is 0.822. The molecule has 0 fully saturated rings. The highest BCUT2D eigenvalue weighted by molar-refractivity contribution is 7.92. The van der Waals surface area contributed by atoms with Crippen LogP contribution in [-0.4, -0.2) is 43.4 Å². The van der Waals surface area contributed by atoms with E-state index in [9.17, 15) is 16.8 Å². The second kappa shape index (κ2) is 6.69. The van der Waals surface area contributed by atoms with Crippen molar-refractivity contribution >= 4 is 31.4 Å². The van der Waals surface area contributed by atoms with Gasteiger partial charge in [-0.2, -0.15) is 0 Å². The summed E-state index contributed by atoms with van der Waals surface area (Å²) in [7, 11) is -5.94. The van der Waals surface area contributed by atoms with Gasteiger partial charge in [-0.05, 0) is 30.3 Å². The Hall–Kier alpha value is -2.46. The van der Waals surface area contributed by atoms with Gasteiger partial charge in [0.15, 0.2) is 11.5 Å². The van der Waals surface area contributed by atoms with Crippen molar-refractivity contribution in [1.29, 1.82) is 0 Å². The number of ether oxygens (including phenoxy) is 2. The number of fused-ring (bicyclic) bond motifs is 1. The van der Waals surface area contributed by atoms with E-state index in [1.165, 1.54) is 37.4 Å². The van der Waals surface area contributed by atoms with Gasteiger partial charge in [0, 0.05) is 13.1 Å². The topological polar surface area (TPSA) is 102 Å². The number of benzene rings is 2. The van der Waals surface area contributed by atoms with Gasteiger partial charge in [0.25, 0.3) is 10.0 Å². The molecular weight excluding hydrogens is 380 g/mol. The van der Waals surface area contributed by atoms with Gasteiger partial charge in [0.05, 0.1) is 22.5 Å². The molecule has 0 unspecified atom stereocenters. The predicted molar refractivity (Wildman–Crippen MR) is 97.9 cm³/mol. The molecule has 0 saturated heterocycles. The Balaban J connectivity index is 1.88. The van der Waals surface area contributed by atoms with Crippen LogP contribution in [0.4, 0.5) is 11.4 Å². The fourth-order valence-electron chi connectivity index (χ4n) is 2.36. The molecule has 1 aliphatic rings. The molecule has 1 N–H and O–H groups in total. The molecule has 0 amide bonds. The van der Waals surface area contributed by atoms with Crippen molar-refractivity contribution in [2.24, 2.45) is 0 Å². The highest BCUT2D eigenvalue weighted by atomic mass is 32.2. The van der Waals surface area contributed by atoms with Crippen molar-refractivity contribution in [2.45, 2.75) is 4.90 Å². The first-order chi connectivity index (χ1) is 12.2. The highest BCUT2D eigenvalue weighted by Crippen LogP contribution is 2.33. The van der Waals surface area contributed by atoms with Gasteiger partial charge in [0.1, 0.15) is 13.2 Å². The van der Waals surface area contributed by atoms with Crippen LogP contribution < -0.4 is 18.5 Å². The van der Waals surface area contributed by atoms with Gasteiger partial charge >= 0.3 is 0 Å². The number of sulfonamides is 2. The molecule has 2 aromatic rings. The lowest BCUT2D eigenvalue weighted by Crippen LogP contribution is -2.25. The average Bonchev–Trinajstić information content (AvgIpc) is 2.59. The largest absolute Gasteiger partial charge is 0.486 e. The molecule has 10 heteroatoms. The minimum Gasteiger partial charge on any atom is -0.486 e. The minimum absolute atomic E-state index is 0.0172. The van der Waals surface area contributed by atoms with Crippen LogP contribution in [-0.2, 0) is 20.0 Å². The zero-order valence-electron chi connectivity index (χ0n) is 14.2. The lowest BCUT2D eigenvalue weighted by Gasteiger charge is -2.19. The fourth-order valence-corrected chi connectivity index (χ4v) is 3.92. The summed E-state index contributed by atoms with van der Waals surface area (Å²) in [5.74, 6) is 0.858. The van der Waals surface area contributed by atoms with Crippen LogP contribution in [0.15, 0.2) is 47.4 Å². The van der Waals surface area contributed by atoms with Gasteiger partial charge in [-0.1, -0.05) is 6.07 Å². The van der Waals surface area contributed by atoms with Gasteiger partial charge in [-0.25, -0.2) is 16.8 Å². The zero-order valence-corrected chi connectivity index (χ0v) is 15.8. The van der Waals surface area contributed by atoms with Crippen LogP contribution >= 0.6 is 0 Å². The van der Waals surface area contributed by atoms with Gasteiger partial charge < -0.3 is 9.47 Å². The maximum Gasteiger partial charge on any atom is 0.262 e.